The zero-order chi connectivity index (χ0) is 63.6. The number of benzene rings is 1. The Hall–Kier alpha value is 1.11. The molecule has 81 heavy (non-hydrogen) atoms. The Kier molecular flexibility index (Phi) is 54.6. The van der Waals surface area contributed by atoms with Crippen molar-refractivity contribution in [3.8, 4) is 0 Å². The van der Waals surface area contributed by atoms with Crippen molar-refractivity contribution in [2.45, 2.75) is 336 Å². The van der Waals surface area contributed by atoms with Gasteiger partial charge in [-0.1, -0.05) is 292 Å². The average molecular weight is 1310 g/mol. The Morgan fingerprint density at radius 1 is 0.580 bits per heavy atom. The molecule has 2 aliphatic rings. The SMILES string of the molecule is CCC(C)C(F)(F)C(F)(F)CC[SiH2]C.CCC(C)C[SiH2]C.CCC(C)[Si](C)(C)C[SiH2]C.CCC(C)[Si](C)(C[SiH2]C)C[SiH2]C.CCC(C)c1ccc([SiH2]C)cc1.C[SiH2]CC(C)C1CCC(C)(C)C(C)C1.C[SiH2]CCC1CCC(C)C(C)C1. The van der Waals surface area contributed by atoms with Gasteiger partial charge in [0.1, 0.15) is 0 Å². The first-order valence-electron chi connectivity index (χ1n) is 35.6. The van der Waals surface area contributed by atoms with E-state index in [1.54, 1.807) is 40.7 Å². The maximum absolute atomic E-state index is 13.2. The van der Waals surface area contributed by atoms with Gasteiger partial charge in [-0.25, -0.2) is 0 Å². The van der Waals surface area contributed by atoms with Crippen LogP contribution in [0.5, 0.6) is 0 Å². The lowest BCUT2D eigenvalue weighted by atomic mass is 9.64. The summed E-state index contributed by atoms with van der Waals surface area (Å²) in [5.74, 6) is -1.11. The highest BCUT2D eigenvalue weighted by atomic mass is 28.4. The molecule has 488 valence electrons. The van der Waals surface area contributed by atoms with E-state index in [4.69, 9.17) is 0 Å². The maximum atomic E-state index is 13.2. The van der Waals surface area contributed by atoms with Gasteiger partial charge < -0.3 is 0 Å². The molecule has 0 radical (unpaired) electrons. The van der Waals surface area contributed by atoms with Crippen molar-refractivity contribution in [2.24, 2.45) is 52.8 Å². The van der Waals surface area contributed by atoms with E-state index in [9.17, 15) is 17.6 Å². The van der Waals surface area contributed by atoms with Crippen LogP contribution in [0.3, 0.4) is 0 Å². The lowest BCUT2D eigenvalue weighted by Crippen LogP contribution is -2.45. The van der Waals surface area contributed by atoms with E-state index in [-0.39, 0.29) is 31.5 Å². The molecule has 0 N–H and O–H groups in total. The van der Waals surface area contributed by atoms with Crippen molar-refractivity contribution < 1.29 is 17.6 Å². The van der Waals surface area contributed by atoms with Gasteiger partial charge in [0.05, 0.1) is 9.52 Å². The van der Waals surface area contributed by atoms with Crippen LogP contribution < -0.4 is 5.19 Å². The van der Waals surface area contributed by atoms with Gasteiger partial charge in [-0.3, -0.25) is 0 Å². The second kappa shape index (κ2) is 49.9. The molecule has 0 saturated heterocycles. The smallest absolute Gasteiger partial charge is 0.200 e. The van der Waals surface area contributed by atoms with Crippen LogP contribution in [0.15, 0.2) is 24.3 Å². The van der Waals surface area contributed by atoms with Gasteiger partial charge in [0.25, 0.3) is 0 Å². The van der Waals surface area contributed by atoms with Gasteiger partial charge in [0.2, 0.25) is 0 Å². The lowest BCUT2D eigenvalue weighted by molar-refractivity contribution is -0.234. The predicted molar refractivity (Wildman–Crippen MR) is 405 cm³/mol. The number of rotatable bonds is 28. The van der Waals surface area contributed by atoms with Crippen LogP contribution in [0.1, 0.15) is 206 Å². The van der Waals surface area contributed by atoms with Gasteiger partial charge in [0.15, 0.2) is 0 Å². The second-order valence-electron chi connectivity index (χ2n) is 28.9. The zero-order valence-corrected chi connectivity index (χ0v) is 73.8. The Labute approximate surface area is 530 Å². The van der Waals surface area contributed by atoms with Crippen molar-refractivity contribution in [3.63, 3.8) is 0 Å². The summed E-state index contributed by atoms with van der Waals surface area (Å²) in [5.41, 5.74) is 9.30. The van der Waals surface area contributed by atoms with E-state index in [0.29, 0.717) is 53.0 Å². The van der Waals surface area contributed by atoms with Gasteiger partial charge >= 0.3 is 11.8 Å². The van der Waals surface area contributed by atoms with Gasteiger partial charge in [0, 0.05) is 95.1 Å². The molecule has 2 saturated carbocycles. The van der Waals surface area contributed by atoms with Crippen molar-refractivity contribution >= 4 is 97.5 Å². The van der Waals surface area contributed by atoms with E-state index in [0.717, 1.165) is 58.4 Å². The fourth-order valence-corrected chi connectivity index (χ4v) is 43.0. The average Bonchev–Trinajstić information content (AvgIpc) is 3.44. The summed E-state index contributed by atoms with van der Waals surface area (Å²) in [4.78, 5) is 0. The molecule has 0 spiro atoms. The molecule has 0 aromatic heterocycles. The molecule has 0 nitrogen and oxygen atoms in total. The van der Waals surface area contributed by atoms with E-state index in [1.807, 2.05) is 6.55 Å². The molecule has 14 heteroatoms. The number of hydrogen-bond acceptors (Lipinski definition) is 0. The number of alkyl halides is 4. The van der Waals surface area contributed by atoms with Crippen LogP contribution in [-0.4, -0.2) is 104 Å². The standard InChI is InChI=1S/C13H28Si.C11H24Si.C11H18Si.C9H18F4Si.C9H26Si3.C8H22Si2.C6H16Si/c1-10(9-14-5)12-6-7-13(3,4)11(2)8-12;1-9-4-5-11(6-7-12-3)8-10(9)2;1-4-9(2)10-5-7-11(12-3)8-6-10;1-4-7(2)9(12,13)8(10,11)5-6-14-3;1-6-9(2)12(5,7-10-3)8-11-4;1-6-8(2)10(4,5)7-9-3;1-4-6(2)5-7-3/h10-12H,6-9,14H2,1-5H3;9-11H,4-8,12H2,1-3H3;5-9H,4,12H2,1-3H3;7H,4-6,14H2,1-3H3;9H,6-8,10-11H2,1-5H3;8H,6-7,9H2,1-5H3;6H,4-5,7H2,1-3H3. The summed E-state index contributed by atoms with van der Waals surface area (Å²) >= 11 is 0. The quantitative estimate of drug-likeness (QED) is 0.0579. The molecule has 1 aromatic carbocycles. The third kappa shape index (κ3) is 39.0. The third-order valence-electron chi connectivity index (χ3n) is 21.3. The van der Waals surface area contributed by atoms with Crippen LogP contribution in [-0.2, 0) is 0 Å². The molecule has 1 aromatic rings. The fraction of sp³-hybridized carbons (Fsp3) is 0.910. The first kappa shape index (κ1) is 88.5. The third-order valence-corrected chi connectivity index (χ3v) is 53.9. The van der Waals surface area contributed by atoms with Crippen molar-refractivity contribution in [2.75, 3.05) is 0 Å². The van der Waals surface area contributed by atoms with Crippen LogP contribution in [0, 0.1) is 52.8 Å². The predicted octanol–water partition coefficient (Wildman–Crippen LogP) is 18.7. The summed E-state index contributed by atoms with van der Waals surface area (Å²) in [6.07, 6.45) is 15.4. The van der Waals surface area contributed by atoms with Crippen molar-refractivity contribution in [3.05, 3.63) is 29.8 Å². The molecule has 3 rings (SSSR count). The van der Waals surface area contributed by atoms with Crippen LogP contribution in [0.4, 0.5) is 17.6 Å². The van der Waals surface area contributed by atoms with E-state index < -0.39 is 49.9 Å². The Balaban J connectivity index is -0.000000430. The molecule has 11 unspecified atom stereocenters. The van der Waals surface area contributed by atoms with E-state index >= 15 is 0 Å². The largest absolute Gasteiger partial charge is 0.312 e. The van der Waals surface area contributed by atoms with Gasteiger partial charge in [-0.05, 0) is 108 Å². The first-order valence-corrected chi connectivity index (χ1v) is 60.9. The molecule has 0 amide bonds. The Morgan fingerprint density at radius 3 is 1.48 bits per heavy atom. The number of halogens is 4. The van der Waals surface area contributed by atoms with Crippen molar-refractivity contribution in [1.29, 1.82) is 0 Å². The molecular formula is C67H152F4Si10. The molecule has 0 heterocycles. The zero-order valence-electron chi connectivity index (χ0n) is 60.5. The van der Waals surface area contributed by atoms with Gasteiger partial charge in [-0.2, -0.15) is 17.6 Å². The van der Waals surface area contributed by atoms with E-state index in [2.05, 4.69) is 187 Å². The summed E-state index contributed by atoms with van der Waals surface area (Å²) in [5, 5.41) is 1.57. The summed E-state index contributed by atoms with van der Waals surface area (Å²) < 4.78 is 52.6. The monoisotopic (exact) mass is 1310 g/mol. The van der Waals surface area contributed by atoms with Crippen LogP contribution in [0.25, 0.3) is 0 Å². The minimum Gasteiger partial charge on any atom is -0.200 e. The summed E-state index contributed by atoms with van der Waals surface area (Å²) in [6.45, 7) is 62.9. The van der Waals surface area contributed by atoms with E-state index in [1.165, 1.54) is 89.7 Å². The molecule has 2 aliphatic carbocycles. The summed E-state index contributed by atoms with van der Waals surface area (Å²) in [7, 11) is -0.0645. The fourth-order valence-electron chi connectivity index (χ4n) is 12.2. The van der Waals surface area contributed by atoms with Gasteiger partial charge in [-0.15, -0.1) is 0 Å². The summed E-state index contributed by atoms with van der Waals surface area (Å²) in [6, 6.07) is 14.2. The van der Waals surface area contributed by atoms with Crippen molar-refractivity contribution in [1.82, 2.24) is 0 Å². The minimum atomic E-state index is -3.86. The molecular weight excluding hydrogens is 1160 g/mol. The maximum Gasteiger partial charge on any atom is 0.312 e. The Morgan fingerprint density at radius 2 is 1.10 bits per heavy atom. The molecule has 0 aliphatic heterocycles. The molecule has 0 bridgehead atoms. The molecule has 2 fully saturated rings. The van der Waals surface area contributed by atoms with Crippen LogP contribution in [0.2, 0.25) is 124 Å². The molecule has 11 atom stereocenters. The lowest BCUT2D eigenvalue weighted by Gasteiger charge is -2.42. The Bertz CT molecular complexity index is 1540. The highest BCUT2D eigenvalue weighted by Gasteiger charge is 2.57. The topological polar surface area (TPSA) is 0 Å². The highest BCUT2D eigenvalue weighted by Crippen LogP contribution is 2.46. The second-order valence-corrected chi connectivity index (χ2v) is 55.3. The van der Waals surface area contributed by atoms with Crippen LogP contribution >= 0.6 is 0 Å². The highest BCUT2D eigenvalue weighted by molar-refractivity contribution is 6.91. The number of hydrogen-bond donors (Lipinski definition) is 0. The minimum absolute atomic E-state index is 0.0444. The normalized spacial score (nSPS) is 23.0. The first-order chi connectivity index (χ1) is 37.7.